The summed E-state index contributed by atoms with van der Waals surface area (Å²) in [5.41, 5.74) is 3.36. The fraction of sp³-hybridized carbons (Fsp3) is 0.436. The number of likely N-dealkylation sites (tertiary alicyclic amines) is 1. The molecule has 0 N–H and O–H groups in total. The van der Waals surface area contributed by atoms with Gasteiger partial charge in [0.25, 0.3) is 0 Å². The summed E-state index contributed by atoms with van der Waals surface area (Å²) in [6.45, 7) is 15.1. The first kappa shape index (κ1) is 32.6. The Labute approximate surface area is 277 Å². The summed E-state index contributed by atoms with van der Waals surface area (Å²) in [6.07, 6.45) is 3.36. The molecule has 0 aromatic heterocycles. The third-order valence-electron chi connectivity index (χ3n) is 8.68. The number of benzene rings is 3. The van der Waals surface area contributed by atoms with E-state index in [1.54, 1.807) is 24.3 Å². The van der Waals surface area contributed by atoms with Crippen molar-refractivity contribution >= 4 is 23.1 Å². The van der Waals surface area contributed by atoms with Crippen LogP contribution in [0.25, 0.3) is 11.1 Å². The number of esters is 2. The van der Waals surface area contributed by atoms with Crippen LogP contribution in [-0.2, 0) is 9.59 Å². The highest BCUT2D eigenvalue weighted by molar-refractivity contribution is 5.99. The standard InChI is InChI=1S/C39H45NO7/c1-38(2,3)36(41)45-27-15-17-30-32(22-27)44-24-31-29-16-14-28(46-37(42)39(4,5)6)23-33(29)47-35(34(30)31)25-10-12-26(13-11-25)43-21-20-40-18-8-7-9-19-40/h10-17,22-23,35H,7-9,18-21,24H2,1-6H3/t35-/m1/s1. The second-order valence-corrected chi connectivity index (χ2v) is 14.6. The van der Waals surface area contributed by atoms with Crippen LogP contribution in [0.1, 0.15) is 83.6 Å². The Bertz CT molecular complexity index is 1670. The minimum atomic E-state index is -0.645. The lowest BCUT2D eigenvalue weighted by Gasteiger charge is -2.35. The summed E-state index contributed by atoms with van der Waals surface area (Å²) in [6, 6.07) is 19.0. The van der Waals surface area contributed by atoms with Crippen LogP contribution in [0.15, 0.2) is 60.7 Å². The summed E-state index contributed by atoms with van der Waals surface area (Å²) in [5, 5.41) is 0. The molecule has 0 saturated carbocycles. The van der Waals surface area contributed by atoms with Crippen molar-refractivity contribution in [3.05, 3.63) is 77.4 Å². The number of rotatable bonds is 7. The molecule has 6 rings (SSSR count). The molecule has 0 amide bonds. The van der Waals surface area contributed by atoms with Crippen LogP contribution in [0.3, 0.4) is 0 Å². The lowest BCUT2D eigenvalue weighted by atomic mass is 9.84. The number of carbonyl (C=O) groups is 2. The van der Waals surface area contributed by atoms with E-state index < -0.39 is 16.9 Å². The van der Waals surface area contributed by atoms with Gasteiger partial charge >= 0.3 is 11.9 Å². The second kappa shape index (κ2) is 13.1. The predicted octanol–water partition coefficient (Wildman–Crippen LogP) is 7.89. The quantitative estimate of drug-likeness (QED) is 0.191. The normalized spacial score (nSPS) is 17.8. The van der Waals surface area contributed by atoms with E-state index in [4.69, 9.17) is 23.7 Å². The molecule has 1 saturated heterocycles. The number of hydrogen-bond donors (Lipinski definition) is 0. The van der Waals surface area contributed by atoms with E-state index in [0.29, 0.717) is 36.2 Å². The van der Waals surface area contributed by atoms with E-state index in [0.717, 1.165) is 53.2 Å². The summed E-state index contributed by atoms with van der Waals surface area (Å²) in [5.74, 6) is 2.25. The molecule has 0 radical (unpaired) electrons. The van der Waals surface area contributed by atoms with E-state index in [-0.39, 0.29) is 11.9 Å². The second-order valence-electron chi connectivity index (χ2n) is 14.6. The Morgan fingerprint density at radius 1 is 0.745 bits per heavy atom. The first-order valence-corrected chi connectivity index (χ1v) is 16.6. The third-order valence-corrected chi connectivity index (χ3v) is 8.68. The van der Waals surface area contributed by atoms with Gasteiger partial charge in [0.15, 0.2) is 6.10 Å². The van der Waals surface area contributed by atoms with Crippen molar-refractivity contribution in [3.8, 4) is 28.7 Å². The molecule has 3 aliphatic rings. The van der Waals surface area contributed by atoms with Crippen LogP contribution in [0.4, 0.5) is 0 Å². The first-order valence-electron chi connectivity index (χ1n) is 16.6. The maximum absolute atomic E-state index is 12.7. The summed E-state index contributed by atoms with van der Waals surface area (Å²) in [4.78, 5) is 27.7. The fourth-order valence-corrected chi connectivity index (χ4v) is 5.89. The van der Waals surface area contributed by atoms with Crippen molar-refractivity contribution in [2.24, 2.45) is 10.8 Å². The van der Waals surface area contributed by atoms with Gasteiger partial charge in [0.1, 0.15) is 42.0 Å². The Balaban J connectivity index is 1.31. The zero-order valence-corrected chi connectivity index (χ0v) is 28.3. The maximum Gasteiger partial charge on any atom is 0.316 e. The Morgan fingerprint density at radius 3 is 1.94 bits per heavy atom. The zero-order chi connectivity index (χ0) is 33.3. The van der Waals surface area contributed by atoms with Gasteiger partial charge in [-0.1, -0.05) is 18.6 Å². The lowest BCUT2D eigenvalue weighted by Crippen LogP contribution is -2.33. The Morgan fingerprint density at radius 2 is 1.32 bits per heavy atom. The molecule has 1 atom stereocenters. The molecule has 0 bridgehead atoms. The highest BCUT2D eigenvalue weighted by atomic mass is 16.5. The molecule has 3 aromatic carbocycles. The molecule has 8 nitrogen and oxygen atoms in total. The van der Waals surface area contributed by atoms with Crippen molar-refractivity contribution in [3.63, 3.8) is 0 Å². The SMILES string of the molecule is CC(C)(C)C(=O)Oc1ccc2c(c1)O[C@H](c1ccc(OCCN3CCCCC3)cc1)C1=C2COc2cc(OC(=O)C(C)(C)C)ccc21. The topological polar surface area (TPSA) is 83.5 Å². The maximum atomic E-state index is 12.7. The van der Waals surface area contributed by atoms with Crippen molar-refractivity contribution in [1.29, 1.82) is 0 Å². The van der Waals surface area contributed by atoms with Crippen LogP contribution >= 0.6 is 0 Å². The molecule has 3 aromatic rings. The highest BCUT2D eigenvalue weighted by Gasteiger charge is 2.36. The Kier molecular flexibility index (Phi) is 9.07. The zero-order valence-electron chi connectivity index (χ0n) is 28.3. The number of nitrogens with zero attached hydrogens (tertiary/aromatic N) is 1. The van der Waals surface area contributed by atoms with Gasteiger partial charge in [-0.15, -0.1) is 0 Å². The number of piperidine rings is 1. The molecule has 47 heavy (non-hydrogen) atoms. The van der Waals surface area contributed by atoms with Gasteiger partial charge in [0.05, 0.1) is 10.8 Å². The molecule has 1 fully saturated rings. The van der Waals surface area contributed by atoms with Crippen molar-refractivity contribution in [2.75, 3.05) is 32.8 Å². The molecule has 3 heterocycles. The van der Waals surface area contributed by atoms with Gasteiger partial charge in [0, 0.05) is 41.0 Å². The van der Waals surface area contributed by atoms with Gasteiger partial charge in [0.2, 0.25) is 0 Å². The fourth-order valence-electron chi connectivity index (χ4n) is 5.89. The molecule has 3 aliphatic heterocycles. The molecular formula is C39H45NO7. The van der Waals surface area contributed by atoms with E-state index in [1.807, 2.05) is 77.9 Å². The number of fused-ring (bicyclic) bond motifs is 4. The summed E-state index contributed by atoms with van der Waals surface area (Å²) >= 11 is 0. The van der Waals surface area contributed by atoms with Gasteiger partial charge in [-0.05, 0) is 109 Å². The van der Waals surface area contributed by atoms with E-state index >= 15 is 0 Å². The van der Waals surface area contributed by atoms with Gasteiger partial charge in [-0.25, -0.2) is 0 Å². The van der Waals surface area contributed by atoms with Gasteiger partial charge in [-0.2, -0.15) is 0 Å². The van der Waals surface area contributed by atoms with Crippen molar-refractivity contribution < 1.29 is 33.3 Å². The molecule has 248 valence electrons. The molecular weight excluding hydrogens is 594 g/mol. The average molecular weight is 640 g/mol. The van der Waals surface area contributed by atoms with Crippen LogP contribution < -0.4 is 23.7 Å². The van der Waals surface area contributed by atoms with Gasteiger partial charge < -0.3 is 23.7 Å². The van der Waals surface area contributed by atoms with Crippen LogP contribution in [-0.4, -0.2) is 49.7 Å². The summed E-state index contributed by atoms with van der Waals surface area (Å²) < 4.78 is 30.5. The van der Waals surface area contributed by atoms with E-state index in [1.165, 1.54) is 19.3 Å². The van der Waals surface area contributed by atoms with Crippen LogP contribution in [0.2, 0.25) is 0 Å². The average Bonchev–Trinajstić information content (AvgIpc) is 3.04. The van der Waals surface area contributed by atoms with Crippen LogP contribution in [0, 0.1) is 10.8 Å². The minimum Gasteiger partial charge on any atom is -0.492 e. The molecule has 8 heteroatoms. The Hall–Kier alpha value is -4.30. The molecule has 0 spiro atoms. The molecule has 0 aliphatic carbocycles. The summed E-state index contributed by atoms with van der Waals surface area (Å²) in [7, 11) is 0. The largest absolute Gasteiger partial charge is 0.492 e. The number of hydrogen-bond acceptors (Lipinski definition) is 8. The van der Waals surface area contributed by atoms with Crippen molar-refractivity contribution in [1.82, 2.24) is 4.90 Å². The number of carbonyl (C=O) groups excluding carboxylic acids is 2. The smallest absolute Gasteiger partial charge is 0.316 e. The van der Waals surface area contributed by atoms with Gasteiger partial charge in [-0.3, -0.25) is 14.5 Å². The minimum absolute atomic E-state index is 0.296. The van der Waals surface area contributed by atoms with Crippen molar-refractivity contribution in [2.45, 2.75) is 66.9 Å². The van der Waals surface area contributed by atoms with Crippen LogP contribution in [0.5, 0.6) is 28.7 Å². The van der Waals surface area contributed by atoms with E-state index in [2.05, 4.69) is 4.90 Å². The number of ether oxygens (including phenoxy) is 5. The molecule has 0 unspecified atom stereocenters. The monoisotopic (exact) mass is 639 g/mol. The van der Waals surface area contributed by atoms with E-state index in [9.17, 15) is 9.59 Å². The highest BCUT2D eigenvalue weighted by Crippen LogP contribution is 2.52. The lowest BCUT2D eigenvalue weighted by molar-refractivity contribution is -0.143. The predicted molar refractivity (Wildman–Crippen MR) is 181 cm³/mol. The first-order chi connectivity index (χ1) is 22.4. The third kappa shape index (κ3) is 7.33.